The second kappa shape index (κ2) is 4.76. The second-order valence-corrected chi connectivity index (χ2v) is 5.33. The van der Waals surface area contributed by atoms with Crippen molar-refractivity contribution in [3.05, 3.63) is 52.2 Å². The minimum absolute atomic E-state index is 0.103. The number of carboxylic acid groups (broad SMARTS) is 1. The van der Waals surface area contributed by atoms with E-state index in [1.807, 2.05) is 6.92 Å². The van der Waals surface area contributed by atoms with Crippen molar-refractivity contribution >= 4 is 32.8 Å². The molecule has 0 amide bonds. The van der Waals surface area contributed by atoms with Gasteiger partial charge in [0.25, 0.3) is 0 Å². The van der Waals surface area contributed by atoms with Crippen molar-refractivity contribution in [2.45, 2.75) is 6.92 Å². The highest BCUT2D eigenvalue weighted by Crippen LogP contribution is 2.27. The number of aryl methyl sites for hydroxylation is 1. The first-order valence-electron chi connectivity index (χ1n) is 5.93. The van der Waals surface area contributed by atoms with Gasteiger partial charge in [0.1, 0.15) is 11.5 Å². The zero-order chi connectivity index (χ0) is 14.3. The third-order valence-corrected chi connectivity index (χ3v) is 3.48. The fourth-order valence-corrected chi connectivity index (χ4v) is 2.42. The van der Waals surface area contributed by atoms with E-state index in [-0.39, 0.29) is 5.56 Å². The number of carbonyl (C=O) groups excluding carboxylic acids is 1. The number of pyridine rings is 1. The summed E-state index contributed by atoms with van der Waals surface area (Å²) in [5.41, 5.74) is 1.15. The van der Waals surface area contributed by atoms with Crippen LogP contribution in [0.4, 0.5) is 0 Å². The van der Waals surface area contributed by atoms with Gasteiger partial charge < -0.3 is 14.3 Å². The van der Waals surface area contributed by atoms with Crippen molar-refractivity contribution < 1.29 is 14.3 Å². The molecule has 3 rings (SSSR count). The average Bonchev–Trinajstić information content (AvgIpc) is 2.83. The summed E-state index contributed by atoms with van der Waals surface area (Å²) in [5, 5.41) is 11.8. The Morgan fingerprint density at radius 2 is 2.05 bits per heavy atom. The van der Waals surface area contributed by atoms with Crippen molar-refractivity contribution in [1.29, 1.82) is 0 Å². The van der Waals surface area contributed by atoms with Gasteiger partial charge >= 0.3 is 0 Å². The second-order valence-electron chi connectivity index (χ2n) is 4.41. The molecule has 0 saturated carbocycles. The topological polar surface area (TPSA) is 66.2 Å². The van der Waals surface area contributed by atoms with Crippen LogP contribution in [0.15, 0.2) is 45.3 Å². The van der Waals surface area contributed by atoms with Crippen LogP contribution in [0.5, 0.6) is 0 Å². The maximum atomic E-state index is 11.3. The van der Waals surface area contributed by atoms with Crippen LogP contribution in [0.3, 0.4) is 0 Å². The van der Waals surface area contributed by atoms with Crippen molar-refractivity contribution in [3.63, 3.8) is 0 Å². The first kappa shape index (κ1) is 12.9. The van der Waals surface area contributed by atoms with Gasteiger partial charge in [-0.05, 0) is 37.3 Å². The van der Waals surface area contributed by atoms with Crippen molar-refractivity contribution in [1.82, 2.24) is 4.98 Å². The lowest BCUT2D eigenvalue weighted by Gasteiger charge is -2.09. The summed E-state index contributed by atoms with van der Waals surface area (Å²) in [7, 11) is 0. The summed E-state index contributed by atoms with van der Waals surface area (Å²) < 4.78 is 6.32. The third-order valence-electron chi connectivity index (χ3n) is 2.98. The van der Waals surface area contributed by atoms with Gasteiger partial charge in [0.05, 0.1) is 11.5 Å². The molecule has 0 aliphatic rings. The number of halogens is 1. The third kappa shape index (κ3) is 2.20. The molecule has 100 valence electrons. The Balaban J connectivity index is 2.32. The molecule has 0 atom stereocenters. The number of rotatable bonds is 2. The molecule has 2 aromatic heterocycles. The fourth-order valence-electron chi connectivity index (χ4n) is 2.07. The molecule has 20 heavy (non-hydrogen) atoms. The number of hydrogen-bond donors (Lipinski definition) is 0. The normalized spacial score (nSPS) is 10.9. The Bertz CT molecular complexity index is 823. The van der Waals surface area contributed by atoms with Crippen LogP contribution in [0.25, 0.3) is 22.4 Å². The maximum Gasteiger partial charge on any atom is 0.152 e. The highest BCUT2D eigenvalue weighted by atomic mass is 79.9. The summed E-state index contributed by atoms with van der Waals surface area (Å²) in [4.78, 5) is 15.8. The first-order valence-corrected chi connectivity index (χ1v) is 6.72. The smallest absolute Gasteiger partial charge is 0.152 e. The maximum absolute atomic E-state index is 11.3. The summed E-state index contributed by atoms with van der Waals surface area (Å²) in [6.07, 6.45) is 0. The number of carboxylic acids is 1. The van der Waals surface area contributed by atoms with E-state index in [1.165, 1.54) is 6.07 Å². The number of nitrogens with zero attached hydrogens (tertiary/aromatic N) is 1. The molecular formula is C15H9BrNO3-. The molecular weight excluding hydrogens is 322 g/mol. The van der Waals surface area contributed by atoms with Crippen LogP contribution in [0, 0.1) is 6.92 Å². The van der Waals surface area contributed by atoms with Crippen molar-refractivity contribution in [2.24, 2.45) is 0 Å². The summed E-state index contributed by atoms with van der Waals surface area (Å²) in [6, 6.07) is 10.3. The van der Waals surface area contributed by atoms with Crippen LogP contribution in [-0.4, -0.2) is 11.0 Å². The monoisotopic (exact) mass is 330 g/mol. The van der Waals surface area contributed by atoms with E-state index < -0.39 is 5.97 Å². The summed E-state index contributed by atoms with van der Waals surface area (Å²) >= 11 is 3.35. The van der Waals surface area contributed by atoms with E-state index in [1.54, 1.807) is 30.3 Å². The molecule has 4 nitrogen and oxygen atoms in total. The Labute approximate surface area is 123 Å². The minimum atomic E-state index is -1.23. The molecule has 0 radical (unpaired) electrons. The largest absolute Gasteiger partial charge is 0.545 e. The lowest BCUT2D eigenvalue weighted by molar-refractivity contribution is -0.254. The number of fused-ring (bicyclic) bond motifs is 1. The van der Waals surface area contributed by atoms with E-state index in [9.17, 15) is 9.90 Å². The van der Waals surface area contributed by atoms with Crippen LogP contribution < -0.4 is 5.11 Å². The van der Waals surface area contributed by atoms with Gasteiger partial charge in [0, 0.05) is 15.4 Å². The molecule has 0 N–H and O–H groups in total. The fraction of sp³-hybridized carbons (Fsp3) is 0.0667. The number of hydrogen-bond acceptors (Lipinski definition) is 4. The van der Waals surface area contributed by atoms with E-state index in [4.69, 9.17) is 4.42 Å². The van der Waals surface area contributed by atoms with Gasteiger partial charge in [-0.2, -0.15) is 0 Å². The van der Waals surface area contributed by atoms with E-state index in [2.05, 4.69) is 20.9 Å². The minimum Gasteiger partial charge on any atom is -0.545 e. The Morgan fingerprint density at radius 3 is 2.70 bits per heavy atom. The molecule has 2 heterocycles. The van der Waals surface area contributed by atoms with Gasteiger partial charge in [-0.1, -0.05) is 22.0 Å². The SMILES string of the molecule is Cc1ccc(-c2cc(C(=O)[O-])c3ccc(Br)cc3n2)o1. The van der Waals surface area contributed by atoms with Crippen LogP contribution in [0.1, 0.15) is 16.1 Å². The van der Waals surface area contributed by atoms with Gasteiger partial charge in [-0.3, -0.25) is 0 Å². The van der Waals surface area contributed by atoms with Crippen LogP contribution >= 0.6 is 15.9 Å². The van der Waals surface area contributed by atoms with Crippen LogP contribution in [0.2, 0.25) is 0 Å². The molecule has 0 unspecified atom stereocenters. The molecule has 3 aromatic rings. The van der Waals surface area contributed by atoms with Gasteiger partial charge in [-0.15, -0.1) is 0 Å². The average molecular weight is 331 g/mol. The molecule has 0 aliphatic heterocycles. The standard InChI is InChI=1S/C15H10BrNO3/c1-8-2-5-14(20-8)13-7-11(15(18)19)10-4-3-9(16)6-12(10)17-13/h2-7H,1H3,(H,18,19)/p-1. The van der Waals surface area contributed by atoms with E-state index in [0.717, 1.165) is 10.2 Å². The molecule has 0 saturated heterocycles. The molecule has 5 heteroatoms. The quantitative estimate of drug-likeness (QED) is 0.724. The van der Waals surface area contributed by atoms with Crippen LogP contribution in [-0.2, 0) is 0 Å². The Morgan fingerprint density at radius 1 is 1.25 bits per heavy atom. The van der Waals surface area contributed by atoms with Gasteiger partial charge in [-0.25, -0.2) is 4.98 Å². The zero-order valence-electron chi connectivity index (χ0n) is 10.5. The van der Waals surface area contributed by atoms with Gasteiger partial charge in [0.15, 0.2) is 5.76 Å². The first-order chi connectivity index (χ1) is 9.54. The number of carbonyl (C=O) groups is 1. The lowest BCUT2D eigenvalue weighted by atomic mass is 10.1. The molecule has 0 fully saturated rings. The van der Waals surface area contributed by atoms with E-state index in [0.29, 0.717) is 22.4 Å². The highest BCUT2D eigenvalue weighted by Gasteiger charge is 2.11. The van der Waals surface area contributed by atoms with Crippen molar-refractivity contribution in [2.75, 3.05) is 0 Å². The molecule has 0 spiro atoms. The Hall–Kier alpha value is -2.14. The molecule has 1 aromatic carbocycles. The highest BCUT2D eigenvalue weighted by molar-refractivity contribution is 9.10. The number of aromatic nitrogens is 1. The van der Waals surface area contributed by atoms with E-state index >= 15 is 0 Å². The zero-order valence-corrected chi connectivity index (χ0v) is 12.1. The van der Waals surface area contributed by atoms with Gasteiger partial charge in [0.2, 0.25) is 0 Å². The number of benzene rings is 1. The Kier molecular flexibility index (Phi) is 3.06. The number of aromatic carboxylic acids is 1. The molecule has 0 aliphatic carbocycles. The predicted molar refractivity (Wildman–Crippen MR) is 76.2 cm³/mol. The predicted octanol–water partition coefficient (Wildman–Crippen LogP) is 2.93. The molecule has 0 bridgehead atoms. The summed E-state index contributed by atoms with van der Waals surface area (Å²) in [6.45, 7) is 1.82. The van der Waals surface area contributed by atoms with Crippen molar-refractivity contribution in [3.8, 4) is 11.5 Å². The number of furan rings is 1. The lowest BCUT2D eigenvalue weighted by Crippen LogP contribution is -2.22. The summed E-state index contributed by atoms with van der Waals surface area (Å²) in [5.74, 6) is 0.0438.